The Hall–Kier alpha value is -3.43. The topological polar surface area (TPSA) is 133 Å². The van der Waals surface area contributed by atoms with Gasteiger partial charge in [0.1, 0.15) is 22.6 Å². The van der Waals surface area contributed by atoms with Gasteiger partial charge in [-0.3, -0.25) is 0 Å². The number of aromatic amines is 1. The lowest BCUT2D eigenvalue weighted by molar-refractivity contribution is 0.174. The highest BCUT2D eigenvalue weighted by Gasteiger charge is 2.31. The van der Waals surface area contributed by atoms with E-state index in [0.717, 1.165) is 11.4 Å². The van der Waals surface area contributed by atoms with E-state index >= 15 is 0 Å². The van der Waals surface area contributed by atoms with Crippen LogP contribution < -0.4 is 15.2 Å². The van der Waals surface area contributed by atoms with Crippen molar-refractivity contribution in [3.8, 4) is 23.6 Å². The summed E-state index contributed by atoms with van der Waals surface area (Å²) in [7, 11) is 0. The van der Waals surface area contributed by atoms with E-state index in [1.54, 1.807) is 12.4 Å². The van der Waals surface area contributed by atoms with Gasteiger partial charge in [-0.15, -0.1) is 0 Å². The maximum atomic E-state index is 9.92. The molecule has 3 heterocycles. The third-order valence-corrected chi connectivity index (χ3v) is 5.62. The lowest BCUT2D eigenvalue weighted by Crippen LogP contribution is -2.23. The molecule has 28 heavy (non-hydrogen) atoms. The Bertz CT molecular complexity index is 1030. The van der Waals surface area contributed by atoms with Crippen LogP contribution in [0.3, 0.4) is 0 Å². The van der Waals surface area contributed by atoms with Crippen molar-refractivity contribution in [2.75, 3.05) is 6.79 Å². The van der Waals surface area contributed by atoms with Gasteiger partial charge in [0.15, 0.2) is 11.5 Å². The molecule has 0 bridgehead atoms. The zero-order valence-corrected chi connectivity index (χ0v) is 15.6. The van der Waals surface area contributed by atoms with Gasteiger partial charge in [0, 0.05) is 18.3 Å². The first kappa shape index (κ1) is 18.0. The minimum atomic E-state index is -0.583. The van der Waals surface area contributed by atoms with E-state index in [-0.39, 0.29) is 18.5 Å². The number of nitriles is 2. The highest BCUT2D eigenvalue weighted by molar-refractivity contribution is 8.02. The molecular formula is C19H16N6O2S. The molecule has 0 saturated heterocycles. The van der Waals surface area contributed by atoms with E-state index in [4.69, 9.17) is 15.2 Å². The normalized spacial score (nSPS) is 20.9. The largest absolute Gasteiger partial charge is 0.454 e. The third kappa shape index (κ3) is 3.40. The fourth-order valence-corrected chi connectivity index (χ4v) is 4.12. The third-order valence-electron chi connectivity index (χ3n) is 4.61. The van der Waals surface area contributed by atoms with Crippen molar-refractivity contribution in [1.82, 2.24) is 9.97 Å². The van der Waals surface area contributed by atoms with Crippen LogP contribution in [-0.4, -0.2) is 22.6 Å². The molecule has 0 aliphatic carbocycles. The molecule has 1 aromatic carbocycles. The van der Waals surface area contributed by atoms with E-state index in [1.165, 1.54) is 11.8 Å². The molecule has 8 nitrogen and oxygen atoms in total. The van der Waals surface area contributed by atoms with E-state index in [9.17, 15) is 10.5 Å². The average Bonchev–Trinajstić information content (AvgIpc) is 3.37. The van der Waals surface area contributed by atoms with Crippen LogP contribution >= 0.6 is 11.8 Å². The van der Waals surface area contributed by atoms with Gasteiger partial charge in [0.05, 0.1) is 23.5 Å². The van der Waals surface area contributed by atoms with E-state index in [2.05, 4.69) is 27.1 Å². The summed E-state index contributed by atoms with van der Waals surface area (Å²) in [6, 6.07) is 10.1. The quantitative estimate of drug-likeness (QED) is 0.817. The number of hydrogen-bond acceptors (Lipinski definition) is 8. The van der Waals surface area contributed by atoms with E-state index in [0.29, 0.717) is 34.3 Å². The number of aromatic nitrogens is 2. The van der Waals surface area contributed by atoms with Crippen molar-refractivity contribution in [3.63, 3.8) is 0 Å². The van der Waals surface area contributed by atoms with Gasteiger partial charge in [-0.05, 0) is 24.1 Å². The second kappa shape index (κ2) is 7.67. The second-order valence-corrected chi connectivity index (χ2v) is 7.24. The van der Waals surface area contributed by atoms with Gasteiger partial charge in [-0.2, -0.15) is 10.5 Å². The molecule has 2 unspecified atom stereocenters. The van der Waals surface area contributed by atoms with Crippen molar-refractivity contribution in [1.29, 1.82) is 10.5 Å². The molecule has 1 aromatic heterocycles. The van der Waals surface area contributed by atoms with Crippen molar-refractivity contribution < 1.29 is 9.47 Å². The number of nitrogens with two attached hydrogens (primary N) is 1. The molecule has 0 saturated carbocycles. The summed E-state index contributed by atoms with van der Waals surface area (Å²) in [5.74, 6) is 1.89. The van der Waals surface area contributed by atoms with Crippen LogP contribution in [0.1, 0.15) is 23.7 Å². The Labute approximate surface area is 165 Å². The number of imidazole rings is 1. The number of aliphatic imine (C=N–C) groups is 1. The minimum Gasteiger partial charge on any atom is -0.454 e. The van der Waals surface area contributed by atoms with Crippen LogP contribution in [0.25, 0.3) is 0 Å². The monoisotopic (exact) mass is 392 g/mol. The number of ether oxygens (including phenoxy) is 2. The molecule has 3 N–H and O–H groups in total. The predicted molar refractivity (Wildman–Crippen MR) is 103 cm³/mol. The molecule has 9 heteroatoms. The van der Waals surface area contributed by atoms with Crippen LogP contribution in [0.2, 0.25) is 0 Å². The van der Waals surface area contributed by atoms with Gasteiger partial charge in [0.2, 0.25) is 6.79 Å². The SMILES string of the molecule is N#CC1=C(SCc2ncc[nH]2)N=C(N)C(C#N)CC1c1ccc2c(c1)OCO2. The highest BCUT2D eigenvalue weighted by atomic mass is 32.2. The summed E-state index contributed by atoms with van der Waals surface area (Å²) < 4.78 is 10.8. The predicted octanol–water partition coefficient (Wildman–Crippen LogP) is 2.79. The Morgan fingerprint density at radius 1 is 1.29 bits per heavy atom. The van der Waals surface area contributed by atoms with Gasteiger partial charge < -0.3 is 20.2 Å². The summed E-state index contributed by atoms with van der Waals surface area (Å²) in [5, 5.41) is 20.0. The molecule has 0 spiro atoms. The molecule has 0 amide bonds. The number of nitrogens with zero attached hydrogens (tertiary/aromatic N) is 4. The number of fused-ring (bicyclic) bond motifs is 1. The first-order valence-corrected chi connectivity index (χ1v) is 9.56. The highest BCUT2D eigenvalue weighted by Crippen LogP contribution is 2.42. The summed E-state index contributed by atoms with van der Waals surface area (Å²) in [4.78, 5) is 11.6. The number of amidine groups is 1. The molecule has 2 atom stereocenters. The summed E-state index contributed by atoms with van der Waals surface area (Å²) >= 11 is 1.37. The van der Waals surface area contributed by atoms with Crippen LogP contribution in [0.4, 0.5) is 0 Å². The number of H-pyrrole nitrogens is 1. The number of benzene rings is 1. The van der Waals surface area contributed by atoms with Gasteiger partial charge in [-0.1, -0.05) is 17.8 Å². The number of rotatable bonds is 4. The fraction of sp³-hybridized carbons (Fsp3) is 0.263. The standard InChI is InChI=1S/C19H16N6O2S/c20-7-12-5-13(11-1-2-15-16(6-11)27-10-26-15)14(8-21)19(25-18(12)22)28-9-17-23-3-4-24-17/h1-4,6,12-13H,5,9-10H2,(H2,22,25)(H,23,24). The van der Waals surface area contributed by atoms with Crippen molar-refractivity contribution in [3.05, 3.63) is 52.6 Å². The summed E-state index contributed by atoms with van der Waals surface area (Å²) in [5.41, 5.74) is 7.42. The van der Waals surface area contributed by atoms with E-state index < -0.39 is 5.92 Å². The Balaban J connectivity index is 1.73. The van der Waals surface area contributed by atoms with Crippen molar-refractivity contribution >= 4 is 17.6 Å². The summed E-state index contributed by atoms with van der Waals surface area (Å²) in [6.45, 7) is 0.172. The minimum absolute atomic E-state index is 0.172. The zero-order valence-electron chi connectivity index (χ0n) is 14.8. The van der Waals surface area contributed by atoms with E-state index in [1.807, 2.05) is 18.2 Å². The van der Waals surface area contributed by atoms with Crippen LogP contribution in [0.15, 0.2) is 46.2 Å². The number of allylic oxidation sites excluding steroid dienone is 1. The number of thioether (sulfide) groups is 1. The molecule has 2 aromatic rings. The molecule has 2 aliphatic rings. The van der Waals surface area contributed by atoms with Crippen molar-refractivity contribution in [2.24, 2.45) is 16.6 Å². The maximum absolute atomic E-state index is 9.92. The zero-order chi connectivity index (χ0) is 19.5. The second-order valence-electron chi connectivity index (χ2n) is 6.27. The Morgan fingerprint density at radius 2 is 2.14 bits per heavy atom. The Kier molecular flexibility index (Phi) is 4.92. The van der Waals surface area contributed by atoms with Gasteiger partial charge in [0.25, 0.3) is 0 Å². The first-order chi connectivity index (χ1) is 13.7. The number of nitrogens with one attached hydrogen (secondary N) is 1. The van der Waals surface area contributed by atoms with Gasteiger partial charge in [-0.25, -0.2) is 9.98 Å². The molecule has 4 rings (SSSR count). The molecule has 140 valence electrons. The smallest absolute Gasteiger partial charge is 0.231 e. The lowest BCUT2D eigenvalue weighted by Gasteiger charge is -2.18. The van der Waals surface area contributed by atoms with Crippen LogP contribution in [-0.2, 0) is 5.75 Å². The van der Waals surface area contributed by atoms with Crippen LogP contribution in [0, 0.1) is 28.6 Å². The fourth-order valence-electron chi connectivity index (χ4n) is 3.18. The van der Waals surface area contributed by atoms with Crippen molar-refractivity contribution in [2.45, 2.75) is 18.1 Å². The average molecular weight is 392 g/mol. The molecule has 0 fully saturated rings. The van der Waals surface area contributed by atoms with Crippen LogP contribution in [0.5, 0.6) is 11.5 Å². The maximum Gasteiger partial charge on any atom is 0.231 e. The summed E-state index contributed by atoms with van der Waals surface area (Å²) in [6.07, 6.45) is 3.78. The molecule has 0 radical (unpaired) electrons. The molecular weight excluding hydrogens is 376 g/mol. The lowest BCUT2D eigenvalue weighted by atomic mass is 9.84. The number of hydrogen-bond donors (Lipinski definition) is 2. The van der Waals surface area contributed by atoms with Gasteiger partial charge >= 0.3 is 0 Å². The molecule has 2 aliphatic heterocycles. The Morgan fingerprint density at radius 3 is 2.89 bits per heavy atom. The first-order valence-electron chi connectivity index (χ1n) is 8.58.